The van der Waals surface area contributed by atoms with Gasteiger partial charge in [0.1, 0.15) is 0 Å². The van der Waals surface area contributed by atoms with E-state index < -0.39 is 11.6 Å². The number of rotatable bonds is 4. The second kappa shape index (κ2) is 4.94. The Morgan fingerprint density at radius 2 is 2.00 bits per heavy atom. The van der Waals surface area contributed by atoms with Gasteiger partial charge in [-0.25, -0.2) is 4.79 Å². The van der Waals surface area contributed by atoms with E-state index in [0.29, 0.717) is 19.4 Å². The molecule has 1 heterocycles. The van der Waals surface area contributed by atoms with Crippen molar-refractivity contribution in [3.05, 3.63) is 0 Å². The molecule has 0 aromatic carbocycles. The Bertz CT molecular complexity index is 217. The van der Waals surface area contributed by atoms with Crippen molar-refractivity contribution in [3.8, 4) is 0 Å². The van der Waals surface area contributed by atoms with Gasteiger partial charge < -0.3 is 14.6 Å². The lowest BCUT2D eigenvalue weighted by molar-refractivity contribution is -0.194. The van der Waals surface area contributed by atoms with Crippen molar-refractivity contribution >= 4 is 5.97 Å². The molecule has 1 N–H and O–H groups in total. The minimum absolute atomic E-state index is 0.0540. The van der Waals surface area contributed by atoms with Crippen LogP contribution in [-0.2, 0) is 14.3 Å². The molecule has 15 heavy (non-hydrogen) atoms. The van der Waals surface area contributed by atoms with Crippen LogP contribution in [0.5, 0.6) is 0 Å². The maximum absolute atomic E-state index is 11.3. The highest BCUT2D eigenvalue weighted by Crippen LogP contribution is 2.32. The first kappa shape index (κ1) is 12.5. The Morgan fingerprint density at radius 1 is 1.47 bits per heavy atom. The summed E-state index contributed by atoms with van der Waals surface area (Å²) in [5.74, 6) is -0.863. The summed E-state index contributed by atoms with van der Waals surface area (Å²) in [5.41, 5.74) is -1.03. The summed E-state index contributed by atoms with van der Waals surface area (Å²) in [5, 5.41) is 9.27. The Labute approximate surface area is 90.6 Å². The third-order valence-corrected chi connectivity index (χ3v) is 2.67. The van der Waals surface area contributed by atoms with Gasteiger partial charge in [0.25, 0.3) is 0 Å². The quantitative estimate of drug-likeness (QED) is 0.778. The predicted octanol–water partition coefficient (Wildman–Crippen LogP) is 1.82. The van der Waals surface area contributed by atoms with Crippen molar-refractivity contribution in [2.45, 2.75) is 57.8 Å². The molecule has 0 saturated carbocycles. The van der Waals surface area contributed by atoms with E-state index in [0.717, 1.165) is 6.42 Å². The first-order valence-electron chi connectivity index (χ1n) is 5.53. The van der Waals surface area contributed by atoms with Crippen molar-refractivity contribution in [1.29, 1.82) is 0 Å². The summed E-state index contributed by atoms with van der Waals surface area (Å²) in [7, 11) is 0. The van der Waals surface area contributed by atoms with Crippen LogP contribution in [0.15, 0.2) is 0 Å². The summed E-state index contributed by atoms with van der Waals surface area (Å²) in [6.45, 7) is 6.25. The average molecular weight is 216 g/mol. The molecule has 1 saturated heterocycles. The number of hydrogen-bond donors (Lipinski definition) is 1. The van der Waals surface area contributed by atoms with Crippen LogP contribution in [0.25, 0.3) is 0 Å². The summed E-state index contributed by atoms with van der Waals surface area (Å²) >= 11 is 0. The highest BCUT2D eigenvalue weighted by atomic mass is 16.5. The third-order valence-electron chi connectivity index (χ3n) is 2.67. The first-order chi connectivity index (χ1) is 7.00. The van der Waals surface area contributed by atoms with Crippen molar-refractivity contribution in [2.24, 2.45) is 0 Å². The number of hydrogen-bond acceptors (Lipinski definition) is 3. The van der Waals surface area contributed by atoms with Gasteiger partial charge in [-0.15, -0.1) is 0 Å². The van der Waals surface area contributed by atoms with Crippen LogP contribution in [0.1, 0.15) is 40.0 Å². The second-order valence-corrected chi connectivity index (χ2v) is 4.31. The van der Waals surface area contributed by atoms with Crippen LogP contribution in [0.3, 0.4) is 0 Å². The van der Waals surface area contributed by atoms with Crippen LogP contribution in [-0.4, -0.2) is 35.5 Å². The second-order valence-electron chi connectivity index (χ2n) is 4.31. The monoisotopic (exact) mass is 216 g/mol. The van der Waals surface area contributed by atoms with Gasteiger partial charge in [0.05, 0.1) is 12.2 Å². The normalized spacial score (nSPS) is 36.5. The van der Waals surface area contributed by atoms with Crippen LogP contribution < -0.4 is 0 Å². The van der Waals surface area contributed by atoms with Gasteiger partial charge in [-0.05, 0) is 20.3 Å². The molecule has 4 nitrogen and oxygen atoms in total. The summed E-state index contributed by atoms with van der Waals surface area (Å²) in [4.78, 5) is 11.3. The fourth-order valence-electron chi connectivity index (χ4n) is 2.16. The van der Waals surface area contributed by atoms with E-state index in [9.17, 15) is 9.90 Å². The number of carboxylic acid groups (broad SMARTS) is 1. The molecule has 1 aliphatic heterocycles. The summed E-state index contributed by atoms with van der Waals surface area (Å²) in [6, 6.07) is 0. The number of carboxylic acids is 1. The van der Waals surface area contributed by atoms with Gasteiger partial charge in [-0.1, -0.05) is 6.92 Å². The molecule has 0 amide bonds. The van der Waals surface area contributed by atoms with Crippen molar-refractivity contribution in [2.75, 3.05) is 6.61 Å². The van der Waals surface area contributed by atoms with E-state index in [-0.39, 0.29) is 12.2 Å². The summed E-state index contributed by atoms with van der Waals surface area (Å²) in [6.07, 6.45) is 1.60. The SMILES string of the molecule is CCCOC1(C(=O)O)CC(C)OC(C)C1. The molecule has 2 atom stereocenters. The number of ether oxygens (including phenoxy) is 2. The van der Waals surface area contributed by atoms with Gasteiger partial charge in [0.15, 0.2) is 5.60 Å². The molecule has 1 rings (SSSR count). The number of aliphatic carboxylic acids is 1. The fraction of sp³-hybridized carbons (Fsp3) is 0.909. The van der Waals surface area contributed by atoms with Gasteiger partial charge in [-0.3, -0.25) is 0 Å². The standard InChI is InChI=1S/C11H20O4/c1-4-5-14-11(10(12)13)6-8(2)15-9(3)7-11/h8-9H,4-7H2,1-3H3,(H,12,13). The molecule has 1 fully saturated rings. The lowest BCUT2D eigenvalue weighted by atomic mass is 9.87. The molecule has 0 aromatic rings. The summed E-state index contributed by atoms with van der Waals surface area (Å²) < 4.78 is 11.1. The van der Waals surface area contributed by atoms with Crippen LogP contribution in [0.2, 0.25) is 0 Å². The minimum atomic E-state index is -1.03. The van der Waals surface area contributed by atoms with E-state index >= 15 is 0 Å². The van der Waals surface area contributed by atoms with Gasteiger partial charge in [-0.2, -0.15) is 0 Å². The maximum Gasteiger partial charge on any atom is 0.336 e. The Hall–Kier alpha value is -0.610. The Kier molecular flexibility index (Phi) is 4.11. The average Bonchev–Trinajstić information content (AvgIpc) is 2.13. The highest BCUT2D eigenvalue weighted by Gasteiger charge is 2.45. The molecule has 1 aliphatic rings. The Balaban J connectivity index is 2.74. The van der Waals surface area contributed by atoms with Crippen LogP contribution >= 0.6 is 0 Å². The van der Waals surface area contributed by atoms with Crippen molar-refractivity contribution in [3.63, 3.8) is 0 Å². The molecule has 4 heteroatoms. The molecular weight excluding hydrogens is 196 g/mol. The molecule has 88 valence electrons. The molecule has 0 radical (unpaired) electrons. The molecular formula is C11H20O4. The molecule has 0 aromatic heterocycles. The molecule has 2 unspecified atom stereocenters. The topological polar surface area (TPSA) is 55.8 Å². The van der Waals surface area contributed by atoms with Gasteiger partial charge in [0.2, 0.25) is 0 Å². The van der Waals surface area contributed by atoms with E-state index in [1.165, 1.54) is 0 Å². The lowest BCUT2D eigenvalue weighted by Crippen LogP contribution is -2.51. The van der Waals surface area contributed by atoms with E-state index in [2.05, 4.69) is 0 Å². The first-order valence-corrected chi connectivity index (χ1v) is 5.53. The molecule has 0 bridgehead atoms. The fourth-order valence-corrected chi connectivity index (χ4v) is 2.16. The van der Waals surface area contributed by atoms with Crippen molar-refractivity contribution in [1.82, 2.24) is 0 Å². The smallest absolute Gasteiger partial charge is 0.336 e. The molecule has 0 aliphatic carbocycles. The minimum Gasteiger partial charge on any atom is -0.479 e. The predicted molar refractivity (Wildman–Crippen MR) is 55.9 cm³/mol. The maximum atomic E-state index is 11.3. The zero-order chi connectivity index (χ0) is 11.5. The van der Waals surface area contributed by atoms with Crippen molar-refractivity contribution < 1.29 is 19.4 Å². The van der Waals surface area contributed by atoms with E-state index in [1.807, 2.05) is 20.8 Å². The van der Waals surface area contributed by atoms with Crippen LogP contribution in [0, 0.1) is 0 Å². The number of carbonyl (C=O) groups is 1. The zero-order valence-electron chi connectivity index (χ0n) is 9.66. The zero-order valence-corrected chi connectivity index (χ0v) is 9.66. The van der Waals surface area contributed by atoms with Gasteiger partial charge in [0, 0.05) is 19.4 Å². The van der Waals surface area contributed by atoms with E-state index in [4.69, 9.17) is 9.47 Å². The van der Waals surface area contributed by atoms with Gasteiger partial charge >= 0.3 is 5.97 Å². The highest BCUT2D eigenvalue weighted by molar-refractivity contribution is 5.77. The Morgan fingerprint density at radius 3 is 2.40 bits per heavy atom. The van der Waals surface area contributed by atoms with Crippen LogP contribution in [0.4, 0.5) is 0 Å². The van der Waals surface area contributed by atoms with E-state index in [1.54, 1.807) is 0 Å². The lowest BCUT2D eigenvalue weighted by Gasteiger charge is -2.39. The largest absolute Gasteiger partial charge is 0.479 e. The third kappa shape index (κ3) is 2.92. The molecule has 0 spiro atoms.